The number of nitrogens with zero attached hydrogens (tertiary/aromatic N) is 1. The van der Waals surface area contributed by atoms with Crippen molar-refractivity contribution in [1.29, 1.82) is 0 Å². The minimum Gasteiger partial charge on any atom is -0.272 e. The third kappa shape index (κ3) is 5.83. The summed E-state index contributed by atoms with van der Waals surface area (Å²) in [7, 11) is 0. The summed E-state index contributed by atoms with van der Waals surface area (Å²) < 4.78 is 0.970. The highest BCUT2D eigenvalue weighted by atomic mass is 79.9. The van der Waals surface area contributed by atoms with Gasteiger partial charge in [0.1, 0.15) is 0 Å². The maximum Gasteiger partial charge on any atom is 0.250 e. The van der Waals surface area contributed by atoms with E-state index in [2.05, 4.69) is 26.5 Å². The lowest BCUT2D eigenvalue weighted by molar-refractivity contribution is -0.118. The quantitative estimate of drug-likeness (QED) is 0.576. The lowest BCUT2D eigenvalue weighted by Crippen LogP contribution is -2.19. The van der Waals surface area contributed by atoms with Crippen LogP contribution in [-0.2, 0) is 10.5 Å². The van der Waals surface area contributed by atoms with Gasteiger partial charge in [-0.2, -0.15) is 5.10 Å². The monoisotopic (exact) mass is 396 g/mol. The number of carbonyl (C=O) groups excluding carboxylic acids is 1. The van der Waals surface area contributed by atoms with Gasteiger partial charge in [0, 0.05) is 15.2 Å². The molecule has 0 aliphatic carbocycles. The van der Waals surface area contributed by atoms with Gasteiger partial charge in [0.15, 0.2) is 0 Å². The first-order valence-corrected chi connectivity index (χ1v) is 8.86. The van der Waals surface area contributed by atoms with E-state index in [0.717, 1.165) is 20.6 Å². The predicted molar refractivity (Wildman–Crippen MR) is 97.5 cm³/mol. The normalized spacial score (nSPS) is 10.8. The van der Waals surface area contributed by atoms with Crippen molar-refractivity contribution >= 4 is 51.4 Å². The van der Waals surface area contributed by atoms with Crippen LogP contribution in [0, 0.1) is 0 Å². The minimum atomic E-state index is -0.136. The van der Waals surface area contributed by atoms with Gasteiger partial charge >= 0.3 is 0 Å². The molecule has 0 fully saturated rings. The third-order valence-corrected chi connectivity index (χ3v) is 4.54. The number of amides is 1. The molecule has 114 valence electrons. The first-order valence-electron chi connectivity index (χ1n) is 6.54. The molecule has 22 heavy (non-hydrogen) atoms. The fourth-order valence-electron chi connectivity index (χ4n) is 1.67. The molecule has 6 heteroatoms. The third-order valence-electron chi connectivity index (χ3n) is 2.70. The molecule has 0 heterocycles. The standard InChI is InChI=1S/C16H14BrClN2OS/c17-14-6-3-4-12(8-14)9-19-20-16(21)11-22-10-13-5-1-2-7-15(13)18/h1-9H,10-11H2,(H,20,21)/b19-9-. The highest BCUT2D eigenvalue weighted by Crippen LogP contribution is 2.20. The van der Waals surface area contributed by atoms with E-state index >= 15 is 0 Å². The number of hydrogen-bond donors (Lipinski definition) is 1. The number of hydrogen-bond acceptors (Lipinski definition) is 3. The Hall–Kier alpha value is -1.30. The number of nitrogens with one attached hydrogen (secondary N) is 1. The molecule has 0 saturated heterocycles. The molecule has 0 radical (unpaired) electrons. The largest absolute Gasteiger partial charge is 0.272 e. The molecule has 3 nitrogen and oxygen atoms in total. The Morgan fingerprint density at radius 2 is 2.09 bits per heavy atom. The van der Waals surface area contributed by atoms with Crippen LogP contribution in [0.3, 0.4) is 0 Å². The molecule has 2 aromatic rings. The van der Waals surface area contributed by atoms with Crippen LogP contribution in [0.4, 0.5) is 0 Å². The second kappa shape index (κ2) is 8.98. The number of thioether (sulfide) groups is 1. The SMILES string of the molecule is O=C(CSCc1ccccc1Cl)N/N=C\c1cccc(Br)c1. The van der Waals surface area contributed by atoms with Crippen molar-refractivity contribution < 1.29 is 4.79 Å². The Kier molecular flexibility index (Phi) is 6.96. The van der Waals surface area contributed by atoms with Crippen molar-refractivity contribution in [3.63, 3.8) is 0 Å². The number of hydrazone groups is 1. The van der Waals surface area contributed by atoms with Gasteiger partial charge in [-0.3, -0.25) is 4.79 Å². The minimum absolute atomic E-state index is 0.136. The summed E-state index contributed by atoms with van der Waals surface area (Å²) in [5, 5.41) is 4.67. The zero-order valence-electron chi connectivity index (χ0n) is 11.6. The highest BCUT2D eigenvalue weighted by Gasteiger charge is 2.03. The molecule has 0 aliphatic heterocycles. The van der Waals surface area contributed by atoms with Crippen LogP contribution in [0.2, 0.25) is 5.02 Å². The Morgan fingerprint density at radius 1 is 1.27 bits per heavy atom. The van der Waals surface area contributed by atoms with E-state index in [4.69, 9.17) is 11.6 Å². The Balaban J connectivity index is 1.73. The fourth-order valence-corrected chi connectivity index (χ4v) is 3.19. The molecule has 1 N–H and O–H groups in total. The molecule has 2 rings (SSSR count). The first-order chi connectivity index (χ1) is 10.6. The summed E-state index contributed by atoms with van der Waals surface area (Å²) >= 11 is 10.9. The van der Waals surface area contributed by atoms with E-state index in [9.17, 15) is 4.79 Å². The van der Waals surface area contributed by atoms with Gasteiger partial charge in [0.25, 0.3) is 0 Å². The number of carbonyl (C=O) groups is 1. The molecule has 2 aromatic carbocycles. The van der Waals surface area contributed by atoms with Gasteiger partial charge in [0.2, 0.25) is 5.91 Å². The maximum atomic E-state index is 11.7. The summed E-state index contributed by atoms with van der Waals surface area (Å²) in [4.78, 5) is 11.7. The van der Waals surface area contributed by atoms with E-state index in [0.29, 0.717) is 11.5 Å². The predicted octanol–water partition coefficient (Wildman–Crippen LogP) is 4.49. The molecule has 0 unspecified atom stereocenters. The lowest BCUT2D eigenvalue weighted by atomic mass is 10.2. The topological polar surface area (TPSA) is 41.5 Å². The average molecular weight is 398 g/mol. The van der Waals surface area contributed by atoms with Crippen molar-refractivity contribution in [3.05, 3.63) is 69.2 Å². The molecule has 0 aromatic heterocycles. The summed E-state index contributed by atoms with van der Waals surface area (Å²) in [6, 6.07) is 15.3. The summed E-state index contributed by atoms with van der Waals surface area (Å²) in [6.07, 6.45) is 1.61. The molecule has 0 bridgehead atoms. The van der Waals surface area contributed by atoms with Crippen LogP contribution in [0.5, 0.6) is 0 Å². The first kappa shape index (κ1) is 17.1. The van der Waals surface area contributed by atoms with Gasteiger partial charge < -0.3 is 0 Å². The van der Waals surface area contributed by atoms with Crippen LogP contribution in [0.1, 0.15) is 11.1 Å². The Bertz CT molecular complexity index is 679. The Labute approximate surface area is 147 Å². The van der Waals surface area contributed by atoms with E-state index < -0.39 is 0 Å². The summed E-state index contributed by atoms with van der Waals surface area (Å²) in [5.41, 5.74) is 4.46. The number of halogens is 2. The van der Waals surface area contributed by atoms with Crippen molar-refractivity contribution in [3.8, 4) is 0 Å². The van der Waals surface area contributed by atoms with Gasteiger partial charge in [-0.15, -0.1) is 11.8 Å². The van der Waals surface area contributed by atoms with Gasteiger partial charge in [0.05, 0.1) is 12.0 Å². The van der Waals surface area contributed by atoms with Crippen LogP contribution >= 0.6 is 39.3 Å². The molecular weight excluding hydrogens is 384 g/mol. The van der Waals surface area contributed by atoms with Crippen molar-refractivity contribution in [2.75, 3.05) is 5.75 Å². The maximum absolute atomic E-state index is 11.7. The van der Waals surface area contributed by atoms with E-state index in [1.807, 2.05) is 48.5 Å². The number of benzene rings is 2. The number of rotatable bonds is 6. The molecule has 0 saturated carbocycles. The van der Waals surface area contributed by atoms with Crippen molar-refractivity contribution in [2.24, 2.45) is 5.10 Å². The molecular formula is C16H14BrClN2OS. The van der Waals surface area contributed by atoms with Gasteiger partial charge in [-0.05, 0) is 29.3 Å². The fraction of sp³-hybridized carbons (Fsp3) is 0.125. The Morgan fingerprint density at radius 3 is 2.86 bits per heavy atom. The van der Waals surface area contributed by atoms with Crippen molar-refractivity contribution in [1.82, 2.24) is 5.43 Å². The average Bonchev–Trinajstić information content (AvgIpc) is 2.49. The van der Waals surface area contributed by atoms with Crippen LogP contribution in [0.15, 0.2) is 58.1 Å². The summed E-state index contributed by atoms with van der Waals surface area (Å²) in [5.74, 6) is 0.895. The lowest BCUT2D eigenvalue weighted by Gasteiger charge is -2.03. The second-order valence-corrected chi connectivity index (χ2v) is 6.74. The van der Waals surface area contributed by atoms with Crippen molar-refractivity contribution in [2.45, 2.75) is 5.75 Å². The van der Waals surface area contributed by atoms with Crippen LogP contribution in [0.25, 0.3) is 0 Å². The zero-order valence-corrected chi connectivity index (χ0v) is 14.8. The van der Waals surface area contributed by atoms with E-state index in [1.54, 1.807) is 6.21 Å². The van der Waals surface area contributed by atoms with Crippen LogP contribution in [-0.4, -0.2) is 17.9 Å². The molecule has 0 aliphatic rings. The second-order valence-electron chi connectivity index (χ2n) is 4.43. The van der Waals surface area contributed by atoms with Gasteiger partial charge in [-0.1, -0.05) is 57.9 Å². The zero-order chi connectivity index (χ0) is 15.8. The molecule has 1 amide bonds. The summed E-state index contributed by atoms with van der Waals surface area (Å²) in [6.45, 7) is 0. The molecule has 0 atom stereocenters. The van der Waals surface area contributed by atoms with Crippen LogP contribution < -0.4 is 5.43 Å². The smallest absolute Gasteiger partial charge is 0.250 e. The van der Waals surface area contributed by atoms with E-state index in [-0.39, 0.29) is 5.91 Å². The molecule has 0 spiro atoms. The van der Waals surface area contributed by atoms with E-state index in [1.165, 1.54) is 11.8 Å². The van der Waals surface area contributed by atoms with Gasteiger partial charge in [-0.25, -0.2) is 5.43 Å². The highest BCUT2D eigenvalue weighted by molar-refractivity contribution is 9.10.